The van der Waals surface area contributed by atoms with E-state index in [0.29, 0.717) is 11.4 Å². The molecule has 1 aliphatic rings. The van der Waals surface area contributed by atoms with E-state index >= 15 is 0 Å². The van der Waals surface area contributed by atoms with Gasteiger partial charge in [0.25, 0.3) is 0 Å². The fourth-order valence-corrected chi connectivity index (χ4v) is 6.03. The molecule has 1 heterocycles. The maximum absolute atomic E-state index is 13.3. The molecular weight excluding hydrogens is 326 g/mol. The highest BCUT2D eigenvalue weighted by molar-refractivity contribution is 7.89. The second kappa shape index (κ2) is 6.38. The minimum absolute atomic E-state index is 0.181. The van der Waals surface area contributed by atoms with Crippen LogP contribution in [0.5, 0.6) is 0 Å². The van der Waals surface area contributed by atoms with E-state index in [1.807, 2.05) is 44.4 Å². The number of hydrogen-bond donors (Lipinski definition) is 0. The number of thiophene rings is 1. The molecule has 0 atom stereocenters. The maximum Gasteiger partial charge on any atom is 0.243 e. The largest absolute Gasteiger partial charge is 0.243 e. The van der Waals surface area contributed by atoms with Gasteiger partial charge in [0.2, 0.25) is 10.0 Å². The molecule has 0 radical (unpaired) electrons. The van der Waals surface area contributed by atoms with E-state index in [1.165, 1.54) is 4.88 Å². The third-order valence-electron chi connectivity index (χ3n) is 4.28. The Labute approximate surface area is 143 Å². The summed E-state index contributed by atoms with van der Waals surface area (Å²) in [5.41, 5.74) is 2.81. The van der Waals surface area contributed by atoms with E-state index in [2.05, 4.69) is 6.07 Å². The van der Waals surface area contributed by atoms with Crippen LogP contribution < -0.4 is 0 Å². The molecule has 1 fully saturated rings. The Kier molecular flexibility index (Phi) is 4.63. The van der Waals surface area contributed by atoms with Gasteiger partial charge in [0.1, 0.15) is 0 Å². The first-order chi connectivity index (χ1) is 10.9. The van der Waals surface area contributed by atoms with E-state index in [1.54, 1.807) is 15.6 Å². The Hall–Kier alpha value is -1.17. The van der Waals surface area contributed by atoms with Gasteiger partial charge in [0.05, 0.1) is 4.90 Å². The van der Waals surface area contributed by atoms with Gasteiger partial charge in [-0.3, -0.25) is 0 Å². The summed E-state index contributed by atoms with van der Waals surface area (Å²) < 4.78 is 28.2. The van der Waals surface area contributed by atoms with Gasteiger partial charge in [-0.05, 0) is 62.6 Å². The fourth-order valence-electron chi connectivity index (χ4n) is 3.23. The lowest BCUT2D eigenvalue weighted by Gasteiger charge is -2.24. The summed E-state index contributed by atoms with van der Waals surface area (Å²) in [5.74, 6) is 0. The predicted molar refractivity (Wildman–Crippen MR) is 95.6 cm³/mol. The highest BCUT2D eigenvalue weighted by atomic mass is 32.2. The van der Waals surface area contributed by atoms with Crippen molar-refractivity contribution >= 4 is 21.4 Å². The maximum atomic E-state index is 13.3. The third-order valence-corrected chi connectivity index (χ3v) is 7.48. The van der Waals surface area contributed by atoms with Crippen molar-refractivity contribution in [2.75, 3.05) is 6.54 Å². The monoisotopic (exact) mass is 349 g/mol. The van der Waals surface area contributed by atoms with E-state index in [9.17, 15) is 8.42 Å². The highest BCUT2D eigenvalue weighted by Gasteiger charge is 2.39. The molecule has 0 unspecified atom stereocenters. The van der Waals surface area contributed by atoms with Crippen LogP contribution in [0.2, 0.25) is 0 Å². The van der Waals surface area contributed by atoms with Crippen LogP contribution in [-0.4, -0.2) is 25.3 Å². The molecule has 3 rings (SSSR count). The van der Waals surface area contributed by atoms with Crippen LogP contribution in [0.25, 0.3) is 0 Å². The number of hydrogen-bond acceptors (Lipinski definition) is 3. The fraction of sp³-hybridized carbons (Fsp3) is 0.444. The van der Waals surface area contributed by atoms with Crippen molar-refractivity contribution in [1.29, 1.82) is 0 Å². The number of sulfonamides is 1. The van der Waals surface area contributed by atoms with Gasteiger partial charge in [-0.25, -0.2) is 8.42 Å². The molecule has 1 aliphatic carbocycles. The number of aryl methyl sites for hydroxylation is 3. The van der Waals surface area contributed by atoms with Crippen molar-refractivity contribution < 1.29 is 8.42 Å². The molecule has 1 aromatic heterocycles. The quantitative estimate of drug-likeness (QED) is 0.788. The Morgan fingerprint density at radius 3 is 2.35 bits per heavy atom. The Bertz CT molecular complexity index is 767. The molecule has 5 heteroatoms. The zero-order valence-electron chi connectivity index (χ0n) is 13.9. The first-order valence-electron chi connectivity index (χ1n) is 8.01. The molecule has 0 spiro atoms. The summed E-state index contributed by atoms with van der Waals surface area (Å²) in [6, 6.07) is 8.20. The zero-order chi connectivity index (χ0) is 16.6. The molecule has 2 aromatic rings. The van der Waals surface area contributed by atoms with Crippen LogP contribution in [0.3, 0.4) is 0 Å². The van der Waals surface area contributed by atoms with Crippen molar-refractivity contribution in [3.63, 3.8) is 0 Å². The molecule has 1 saturated carbocycles. The zero-order valence-corrected chi connectivity index (χ0v) is 15.5. The minimum atomic E-state index is -3.43. The first kappa shape index (κ1) is 16.7. The van der Waals surface area contributed by atoms with Gasteiger partial charge in [-0.1, -0.05) is 23.8 Å². The predicted octanol–water partition coefficient (Wildman–Crippen LogP) is 4.07. The minimum Gasteiger partial charge on any atom is -0.207 e. The van der Waals surface area contributed by atoms with Gasteiger partial charge >= 0.3 is 0 Å². The van der Waals surface area contributed by atoms with E-state index < -0.39 is 10.0 Å². The van der Waals surface area contributed by atoms with Gasteiger partial charge in [0, 0.05) is 17.5 Å². The molecule has 1 aromatic carbocycles. The Morgan fingerprint density at radius 2 is 1.83 bits per heavy atom. The van der Waals surface area contributed by atoms with Crippen LogP contribution in [0.1, 0.15) is 34.4 Å². The second-order valence-corrected chi connectivity index (χ2v) is 9.26. The number of rotatable bonds is 6. The molecule has 3 nitrogen and oxygen atoms in total. The SMILES string of the molecule is Cc1cc(C)c(S(=O)(=O)N(CCc2cccs2)C2CC2)c(C)c1. The second-order valence-electron chi connectivity index (χ2n) is 6.40. The van der Waals surface area contributed by atoms with Crippen molar-refractivity contribution in [2.45, 2.75) is 51.0 Å². The summed E-state index contributed by atoms with van der Waals surface area (Å²) >= 11 is 1.69. The van der Waals surface area contributed by atoms with Crippen LogP contribution in [-0.2, 0) is 16.4 Å². The van der Waals surface area contributed by atoms with Crippen molar-refractivity contribution in [3.05, 3.63) is 51.2 Å². The molecule has 0 amide bonds. The molecular formula is C18H23NO2S2. The topological polar surface area (TPSA) is 37.4 Å². The average Bonchev–Trinajstić information content (AvgIpc) is 3.12. The van der Waals surface area contributed by atoms with Crippen LogP contribution >= 0.6 is 11.3 Å². The molecule has 124 valence electrons. The van der Waals surface area contributed by atoms with Crippen molar-refractivity contribution in [2.24, 2.45) is 0 Å². The van der Waals surface area contributed by atoms with Gasteiger partial charge in [0.15, 0.2) is 0 Å². The van der Waals surface area contributed by atoms with Crippen LogP contribution in [0, 0.1) is 20.8 Å². The van der Waals surface area contributed by atoms with Gasteiger partial charge in [-0.2, -0.15) is 4.31 Å². The number of nitrogens with zero attached hydrogens (tertiary/aromatic N) is 1. The van der Waals surface area contributed by atoms with Gasteiger partial charge in [-0.15, -0.1) is 11.3 Å². The Balaban J connectivity index is 1.92. The van der Waals surface area contributed by atoms with E-state index in [0.717, 1.165) is 36.0 Å². The normalized spacial score (nSPS) is 15.3. The summed E-state index contributed by atoms with van der Waals surface area (Å²) in [4.78, 5) is 1.74. The first-order valence-corrected chi connectivity index (χ1v) is 10.3. The number of benzene rings is 1. The molecule has 23 heavy (non-hydrogen) atoms. The van der Waals surface area contributed by atoms with Crippen LogP contribution in [0.15, 0.2) is 34.5 Å². The lowest BCUT2D eigenvalue weighted by molar-refractivity contribution is 0.407. The molecule has 0 bridgehead atoms. The molecule has 0 N–H and O–H groups in total. The lowest BCUT2D eigenvalue weighted by Crippen LogP contribution is -2.35. The van der Waals surface area contributed by atoms with Crippen molar-refractivity contribution in [3.8, 4) is 0 Å². The van der Waals surface area contributed by atoms with Gasteiger partial charge < -0.3 is 0 Å². The van der Waals surface area contributed by atoms with Crippen molar-refractivity contribution in [1.82, 2.24) is 4.31 Å². The van der Waals surface area contributed by atoms with Crippen LogP contribution in [0.4, 0.5) is 0 Å². The smallest absolute Gasteiger partial charge is 0.207 e. The standard InChI is InChI=1S/C18H23NO2S2/c1-13-11-14(2)18(15(3)12-13)23(20,21)19(16-6-7-16)9-8-17-5-4-10-22-17/h4-5,10-12,16H,6-9H2,1-3H3. The lowest BCUT2D eigenvalue weighted by atomic mass is 10.1. The van der Waals surface area contributed by atoms with E-state index in [-0.39, 0.29) is 6.04 Å². The average molecular weight is 350 g/mol. The van der Waals surface area contributed by atoms with E-state index in [4.69, 9.17) is 0 Å². The third kappa shape index (κ3) is 3.52. The summed E-state index contributed by atoms with van der Waals surface area (Å²) in [6.45, 7) is 6.38. The molecule has 0 aliphatic heterocycles. The summed E-state index contributed by atoms with van der Waals surface area (Å²) in [5, 5.41) is 2.04. The summed E-state index contributed by atoms with van der Waals surface area (Å²) in [7, 11) is -3.43. The highest BCUT2D eigenvalue weighted by Crippen LogP contribution is 2.34. The molecule has 0 saturated heterocycles. The summed E-state index contributed by atoms with van der Waals surface area (Å²) in [6.07, 6.45) is 2.75. The Morgan fingerprint density at radius 1 is 1.17 bits per heavy atom.